The summed E-state index contributed by atoms with van der Waals surface area (Å²) in [6, 6.07) is 20.9. The van der Waals surface area contributed by atoms with Gasteiger partial charge in [-0.1, -0.05) is 36.4 Å². The van der Waals surface area contributed by atoms with Crippen molar-refractivity contribution < 1.29 is 14.3 Å². The second-order valence-corrected chi connectivity index (χ2v) is 8.29. The summed E-state index contributed by atoms with van der Waals surface area (Å²) in [5.41, 5.74) is 2.67. The van der Waals surface area contributed by atoms with Gasteiger partial charge in [-0.25, -0.2) is 0 Å². The lowest BCUT2D eigenvalue weighted by atomic mass is 9.99. The van der Waals surface area contributed by atoms with Crippen LogP contribution in [0.4, 0.5) is 0 Å². The second kappa shape index (κ2) is 9.30. The number of amides is 2. The Bertz CT molecular complexity index is 1090. The van der Waals surface area contributed by atoms with E-state index in [9.17, 15) is 9.59 Å². The van der Waals surface area contributed by atoms with Gasteiger partial charge in [0.25, 0.3) is 5.91 Å². The second-order valence-electron chi connectivity index (χ2n) is 8.29. The molecule has 32 heavy (non-hydrogen) atoms. The largest absolute Gasteiger partial charge is 0.497 e. The highest BCUT2D eigenvalue weighted by molar-refractivity contribution is 5.97. The highest BCUT2D eigenvalue weighted by atomic mass is 16.5. The Morgan fingerprint density at radius 2 is 1.81 bits per heavy atom. The van der Waals surface area contributed by atoms with E-state index in [2.05, 4.69) is 29.0 Å². The van der Waals surface area contributed by atoms with Gasteiger partial charge in [-0.3, -0.25) is 9.59 Å². The average Bonchev–Trinajstić information content (AvgIpc) is 3.30. The number of ether oxygens (including phenoxy) is 1. The van der Waals surface area contributed by atoms with E-state index in [0.717, 1.165) is 17.8 Å². The SMILES string of the molecule is COc1cccc(C(=O)N(CC(=O)N2CCn3cccc3C2c2ccccc2)C(C)C)c1. The summed E-state index contributed by atoms with van der Waals surface area (Å²) in [6.45, 7) is 5.23. The van der Waals surface area contributed by atoms with Crippen LogP contribution >= 0.6 is 0 Å². The van der Waals surface area contributed by atoms with E-state index in [-0.39, 0.29) is 30.4 Å². The smallest absolute Gasteiger partial charge is 0.254 e. The molecule has 4 rings (SSSR count). The van der Waals surface area contributed by atoms with Gasteiger partial charge in [0, 0.05) is 36.6 Å². The molecule has 0 fully saturated rings. The number of hydrogen-bond acceptors (Lipinski definition) is 3. The fourth-order valence-corrected chi connectivity index (χ4v) is 4.29. The number of carbonyl (C=O) groups is 2. The Morgan fingerprint density at radius 3 is 2.53 bits per heavy atom. The van der Waals surface area contributed by atoms with Crippen LogP contribution in [0, 0.1) is 0 Å². The number of benzene rings is 2. The monoisotopic (exact) mass is 431 g/mol. The molecule has 166 valence electrons. The van der Waals surface area contributed by atoms with E-state index in [4.69, 9.17) is 4.74 Å². The first-order chi connectivity index (χ1) is 15.5. The summed E-state index contributed by atoms with van der Waals surface area (Å²) in [7, 11) is 1.57. The van der Waals surface area contributed by atoms with Gasteiger partial charge < -0.3 is 19.1 Å². The van der Waals surface area contributed by atoms with Crippen molar-refractivity contribution in [3.8, 4) is 5.75 Å². The average molecular weight is 432 g/mol. The molecule has 6 heteroatoms. The lowest BCUT2D eigenvalue weighted by molar-refractivity contribution is -0.135. The summed E-state index contributed by atoms with van der Waals surface area (Å²) in [6.07, 6.45) is 2.06. The first-order valence-electron chi connectivity index (χ1n) is 10.9. The van der Waals surface area contributed by atoms with Crippen LogP contribution in [0.5, 0.6) is 5.75 Å². The van der Waals surface area contributed by atoms with Gasteiger partial charge in [-0.15, -0.1) is 0 Å². The predicted octanol–water partition coefficient (Wildman–Crippen LogP) is 3.98. The lowest BCUT2D eigenvalue weighted by Gasteiger charge is -2.39. The summed E-state index contributed by atoms with van der Waals surface area (Å²) in [5.74, 6) is 0.381. The molecule has 1 aromatic heterocycles. The molecule has 2 aromatic carbocycles. The van der Waals surface area contributed by atoms with Crippen molar-refractivity contribution in [1.82, 2.24) is 14.4 Å². The van der Waals surface area contributed by atoms with Gasteiger partial charge in [-0.2, -0.15) is 0 Å². The van der Waals surface area contributed by atoms with Gasteiger partial charge in [0.05, 0.1) is 13.2 Å². The zero-order chi connectivity index (χ0) is 22.7. The maximum atomic E-state index is 13.6. The number of aromatic nitrogens is 1. The van der Waals surface area contributed by atoms with Gasteiger partial charge >= 0.3 is 0 Å². The third-order valence-electron chi connectivity index (χ3n) is 5.98. The molecule has 2 heterocycles. The van der Waals surface area contributed by atoms with Gasteiger partial charge in [0.2, 0.25) is 5.91 Å². The van der Waals surface area contributed by atoms with E-state index in [1.807, 2.05) is 43.0 Å². The van der Waals surface area contributed by atoms with Crippen molar-refractivity contribution in [2.24, 2.45) is 0 Å². The van der Waals surface area contributed by atoms with Crippen LogP contribution in [-0.4, -0.2) is 52.4 Å². The minimum Gasteiger partial charge on any atom is -0.497 e. The van der Waals surface area contributed by atoms with Crippen LogP contribution < -0.4 is 4.74 Å². The molecule has 0 N–H and O–H groups in total. The maximum absolute atomic E-state index is 13.6. The van der Waals surface area contributed by atoms with E-state index in [0.29, 0.717) is 17.9 Å². The van der Waals surface area contributed by atoms with Crippen LogP contribution in [0.1, 0.15) is 41.5 Å². The Hall–Kier alpha value is -3.54. The highest BCUT2D eigenvalue weighted by Crippen LogP contribution is 2.32. The molecular formula is C26H29N3O3. The molecule has 6 nitrogen and oxygen atoms in total. The molecule has 2 amide bonds. The van der Waals surface area contributed by atoms with Crippen LogP contribution in [0.2, 0.25) is 0 Å². The number of hydrogen-bond donors (Lipinski definition) is 0. The molecule has 0 radical (unpaired) electrons. The normalized spacial score (nSPS) is 15.4. The minimum absolute atomic E-state index is 0.0255. The molecule has 0 aliphatic carbocycles. The molecule has 0 saturated heterocycles. The number of fused-ring (bicyclic) bond motifs is 1. The van der Waals surface area contributed by atoms with Crippen molar-refractivity contribution in [3.63, 3.8) is 0 Å². The van der Waals surface area contributed by atoms with Crippen LogP contribution in [0.25, 0.3) is 0 Å². The fourth-order valence-electron chi connectivity index (χ4n) is 4.29. The molecule has 0 spiro atoms. The van der Waals surface area contributed by atoms with Crippen molar-refractivity contribution in [2.75, 3.05) is 20.2 Å². The van der Waals surface area contributed by atoms with E-state index in [1.165, 1.54) is 0 Å². The Labute approximate surface area is 189 Å². The number of nitrogens with zero attached hydrogens (tertiary/aromatic N) is 3. The van der Waals surface area contributed by atoms with Crippen molar-refractivity contribution in [1.29, 1.82) is 0 Å². The summed E-state index contributed by atoms with van der Waals surface area (Å²) in [4.78, 5) is 30.4. The fraction of sp³-hybridized carbons (Fsp3) is 0.308. The zero-order valence-electron chi connectivity index (χ0n) is 18.8. The predicted molar refractivity (Wildman–Crippen MR) is 124 cm³/mol. The summed E-state index contributed by atoms with van der Waals surface area (Å²) in [5, 5.41) is 0. The Kier molecular flexibility index (Phi) is 6.30. The maximum Gasteiger partial charge on any atom is 0.254 e. The lowest BCUT2D eigenvalue weighted by Crippen LogP contribution is -2.49. The topological polar surface area (TPSA) is 54.8 Å². The van der Waals surface area contributed by atoms with Crippen molar-refractivity contribution in [2.45, 2.75) is 32.5 Å². The zero-order valence-corrected chi connectivity index (χ0v) is 18.8. The van der Waals surface area contributed by atoms with E-state index in [1.54, 1.807) is 36.3 Å². The summed E-state index contributed by atoms with van der Waals surface area (Å²) < 4.78 is 7.46. The van der Waals surface area contributed by atoms with E-state index >= 15 is 0 Å². The minimum atomic E-state index is -0.177. The molecular weight excluding hydrogens is 402 g/mol. The van der Waals surface area contributed by atoms with Crippen molar-refractivity contribution >= 4 is 11.8 Å². The molecule has 1 aliphatic heterocycles. The van der Waals surface area contributed by atoms with Gasteiger partial charge in [-0.05, 0) is 49.7 Å². The van der Waals surface area contributed by atoms with Crippen LogP contribution in [-0.2, 0) is 11.3 Å². The Balaban J connectivity index is 1.61. The first-order valence-corrected chi connectivity index (χ1v) is 10.9. The molecule has 1 aliphatic rings. The number of methoxy groups -OCH3 is 1. The first kappa shape index (κ1) is 21.7. The van der Waals surface area contributed by atoms with Gasteiger partial charge in [0.1, 0.15) is 12.3 Å². The van der Waals surface area contributed by atoms with Gasteiger partial charge in [0.15, 0.2) is 0 Å². The molecule has 1 unspecified atom stereocenters. The molecule has 0 bridgehead atoms. The van der Waals surface area contributed by atoms with Crippen LogP contribution in [0.3, 0.4) is 0 Å². The summed E-state index contributed by atoms with van der Waals surface area (Å²) >= 11 is 0. The standard InChI is InChI=1S/C26H29N3O3/c1-19(2)29(26(31)21-11-7-12-22(17-21)32-3)18-24(30)28-16-15-27-14-8-13-23(27)25(28)20-9-5-4-6-10-20/h4-14,17,19,25H,15-16,18H2,1-3H3. The quantitative estimate of drug-likeness (QED) is 0.593. The highest BCUT2D eigenvalue weighted by Gasteiger charge is 2.34. The van der Waals surface area contributed by atoms with E-state index < -0.39 is 0 Å². The number of rotatable bonds is 6. The third kappa shape index (κ3) is 4.26. The van der Waals surface area contributed by atoms with Crippen molar-refractivity contribution in [3.05, 3.63) is 89.7 Å². The molecule has 3 aromatic rings. The van der Waals surface area contributed by atoms with Crippen LogP contribution in [0.15, 0.2) is 72.9 Å². The number of carbonyl (C=O) groups excluding carboxylic acids is 2. The molecule has 1 atom stereocenters. The third-order valence-corrected chi connectivity index (χ3v) is 5.98. The Morgan fingerprint density at radius 1 is 1.03 bits per heavy atom. The molecule has 0 saturated carbocycles.